The van der Waals surface area contributed by atoms with Gasteiger partial charge in [0.1, 0.15) is 0 Å². The summed E-state index contributed by atoms with van der Waals surface area (Å²) in [6.07, 6.45) is -1.07. The van der Waals surface area contributed by atoms with Crippen LogP contribution >= 0.6 is 0 Å². The molecule has 0 radical (unpaired) electrons. The Bertz CT molecular complexity index is 1670. The summed E-state index contributed by atoms with van der Waals surface area (Å²) < 4.78 is 0. The van der Waals surface area contributed by atoms with E-state index in [1.165, 1.54) is 41.0 Å². The Balaban J connectivity index is 0. The van der Waals surface area contributed by atoms with Crippen LogP contribution < -0.4 is 0 Å². The molecule has 72 heavy (non-hydrogen) atoms. The van der Waals surface area contributed by atoms with Crippen LogP contribution in [0.4, 0.5) is 0 Å². The molecule has 0 aliphatic carbocycles. The van der Waals surface area contributed by atoms with E-state index in [-0.39, 0.29) is 0 Å². The molecule has 0 aromatic carbocycles. The van der Waals surface area contributed by atoms with Gasteiger partial charge in [-0.1, -0.05) is 310 Å². The predicted octanol–water partition coefficient (Wildman–Crippen LogP) is 14.7. The maximum absolute atomic E-state index is 2.94. The molecule has 2 aliphatic heterocycles. The van der Waals surface area contributed by atoms with Crippen LogP contribution in [0.25, 0.3) is 0 Å². The van der Waals surface area contributed by atoms with E-state index in [9.17, 15) is 0 Å². The van der Waals surface area contributed by atoms with E-state index in [1.807, 2.05) is 0 Å². The third-order valence-corrected chi connectivity index (χ3v) is 505. The first-order chi connectivity index (χ1) is 30.7. The molecule has 0 N–H and O–H groups in total. The minimum atomic E-state index is -1.07. The highest BCUT2D eigenvalue weighted by Gasteiger charge is 2.78. The van der Waals surface area contributed by atoms with Crippen LogP contribution in [0.1, 0.15) is 0 Å². The van der Waals surface area contributed by atoms with Crippen molar-refractivity contribution in [1.29, 1.82) is 0 Å². The highest BCUT2D eigenvalue weighted by atomic mass is 30.2. The van der Waals surface area contributed by atoms with Gasteiger partial charge in [-0.05, 0) is 0 Å². The van der Waals surface area contributed by atoms with Gasteiger partial charge in [0, 0.05) is 185 Å². The minimum absolute atomic E-state index is 0.876. The van der Waals surface area contributed by atoms with Crippen molar-refractivity contribution in [3.63, 3.8) is 0 Å². The van der Waals surface area contributed by atoms with Crippen LogP contribution in [0.3, 0.4) is 0 Å². The van der Waals surface area contributed by atoms with Gasteiger partial charge in [0.25, 0.3) is 0 Å². The second-order valence-electron chi connectivity index (χ2n) is 37.1. The second-order valence-corrected chi connectivity index (χ2v) is 271. The normalized spacial score (nSPS) is 24.0. The van der Waals surface area contributed by atoms with Gasteiger partial charge in [-0.25, -0.2) is 0 Å². The Morgan fingerprint density at radius 2 is 0.431 bits per heavy atom. The molecule has 0 atom stereocenters. The van der Waals surface area contributed by atoms with Gasteiger partial charge in [-0.3, -0.25) is 0 Å². The van der Waals surface area contributed by atoms with Gasteiger partial charge in [0.05, 0.1) is 0 Å². The molecule has 24 heteroatoms. The van der Waals surface area contributed by atoms with Crippen molar-refractivity contribution in [1.82, 2.24) is 0 Å². The van der Waals surface area contributed by atoms with Gasteiger partial charge in [0.15, 0.2) is 0 Å². The molecule has 0 aromatic heterocycles. The fourth-order valence-corrected chi connectivity index (χ4v) is 740. The lowest BCUT2D eigenvalue weighted by atomic mass is 10.9. The summed E-state index contributed by atoms with van der Waals surface area (Å²) in [6.45, 7) is 112. The third kappa shape index (κ3) is 12.3. The summed E-state index contributed by atoms with van der Waals surface area (Å²) in [5, 5.41) is 0. The van der Waals surface area contributed by atoms with Gasteiger partial charge in [0.2, 0.25) is 0 Å². The van der Waals surface area contributed by atoms with Gasteiger partial charge in [-0.2, -0.15) is 0 Å². The van der Waals surface area contributed by atoms with Crippen LogP contribution in [0.5, 0.6) is 0 Å². The third-order valence-electron chi connectivity index (χ3n) is 29.2. The average Bonchev–Trinajstić information content (AvgIpc) is 3.16. The Labute approximate surface area is 489 Å². The van der Waals surface area contributed by atoms with Gasteiger partial charge in [-0.15, -0.1) is 0 Å². The molecule has 0 amide bonds. The van der Waals surface area contributed by atoms with Crippen molar-refractivity contribution in [2.24, 2.45) is 0 Å². The lowest BCUT2D eigenvalue weighted by Gasteiger charge is -2.73. The summed E-state index contributed by atoms with van der Waals surface area (Å²) in [4.78, 5) is 0. The van der Waals surface area contributed by atoms with E-state index in [1.54, 1.807) is 48.4 Å². The lowest BCUT2D eigenvalue weighted by Crippen LogP contribution is -3.01. The number of rotatable bonds is 15. The molecule has 0 aromatic rings. The quantitative estimate of drug-likeness (QED) is 0.143. The lowest BCUT2D eigenvalue weighted by molar-refractivity contribution is 1.37. The van der Waals surface area contributed by atoms with E-state index in [0.29, 0.717) is 0 Å². The summed E-state index contributed by atoms with van der Waals surface area (Å²) in [6, 6.07) is 13.1. The Kier molecular flexibility index (Phi) is 26.7. The summed E-state index contributed by atoms with van der Waals surface area (Å²) in [7, 11) is -12.5. The maximum Gasteiger partial charge on any atom is 0.0381 e. The minimum Gasteiger partial charge on any atom is -0.0735 e. The molecule has 0 spiro atoms. The predicted molar refractivity (Wildman–Crippen MR) is 428 cm³/mol. The molecule has 2 heterocycles. The van der Waals surface area contributed by atoms with E-state index in [0.717, 1.165) is 0 Å². The fourth-order valence-electron chi connectivity index (χ4n) is 20.4. The van der Waals surface area contributed by atoms with Crippen molar-refractivity contribution >= 4 is 185 Å². The molecule has 0 unspecified atom stereocenters. The smallest absolute Gasteiger partial charge is 0.0381 e. The van der Waals surface area contributed by atoms with Crippen LogP contribution in [0.15, 0.2) is 0 Å². The average molecular weight is 1400 g/mol. The largest absolute Gasteiger partial charge is 0.0735 e. The van der Waals surface area contributed by atoms with E-state index in [2.05, 4.69) is 262 Å². The summed E-state index contributed by atoms with van der Waals surface area (Å²) in [5.41, 5.74) is 0. The first-order valence-corrected chi connectivity index (χ1v) is 115. The van der Waals surface area contributed by atoms with Crippen LogP contribution in [0.2, 0.25) is 310 Å². The number of hydrogen-bond donors (Lipinski definition) is 0. The monoisotopic (exact) mass is 1400 g/mol. The molecular formula is C48H148Si24. The van der Waals surface area contributed by atoms with Gasteiger partial charge < -0.3 is 0 Å². The second kappa shape index (κ2) is 24.3. The topological polar surface area (TPSA) is 0 Å². The molecule has 0 bridgehead atoms. The SMILES string of the molecule is C[Si](C)(C)[Si](C)(C)[Si](C)(C)[Si](C)(C)CC[SiH3].C[Si](C)(C)[Si]([Si](C)(C)C)([Si](C)(C)C)[Si](C)(C)CC[SiH3].C[Si]1(C)[Si](C)(C)[Si](C)(C)[Si](C)(CC[SiH3])[Si](C)(C)[Si]1(C)C.C[Si]1(C)[Si](C)(C)[Si](C)(C)[Si](C)(CC[SiH3])[Si]1(C)C. The van der Waals surface area contributed by atoms with Crippen molar-refractivity contribution in [3.8, 4) is 0 Å². The van der Waals surface area contributed by atoms with E-state index >= 15 is 0 Å². The fraction of sp³-hybridized carbons (Fsp3) is 1.00. The molecule has 2 aliphatic rings. The number of hydrogen-bond acceptors (Lipinski definition) is 0. The highest BCUT2D eigenvalue weighted by Crippen LogP contribution is 2.55. The molecule has 436 valence electrons. The van der Waals surface area contributed by atoms with Crippen molar-refractivity contribution in [3.05, 3.63) is 0 Å². The molecule has 0 nitrogen and oxygen atoms in total. The molecule has 2 fully saturated rings. The maximum atomic E-state index is 2.94. The summed E-state index contributed by atoms with van der Waals surface area (Å²) in [5.74, 6) is 0. The molecule has 2 saturated heterocycles. The Hall–Kier alpha value is 5.21. The zero-order valence-electron chi connectivity index (χ0n) is 59.7. The first-order valence-electron chi connectivity index (χ1n) is 30.7. The van der Waals surface area contributed by atoms with Crippen LogP contribution in [-0.2, 0) is 0 Å². The van der Waals surface area contributed by atoms with Crippen LogP contribution in [-0.4, -0.2) is 185 Å². The zero-order valence-corrected chi connectivity index (χ0v) is 87.7. The zero-order chi connectivity index (χ0) is 59.7. The van der Waals surface area contributed by atoms with Gasteiger partial charge >= 0.3 is 0 Å². The molecule has 2 rings (SSSR count). The van der Waals surface area contributed by atoms with E-state index in [4.69, 9.17) is 0 Å². The Morgan fingerprint density at radius 3 is 0.597 bits per heavy atom. The summed E-state index contributed by atoms with van der Waals surface area (Å²) >= 11 is 0. The standard InChI is InChI=1S/C13H40Si7.C13H40Si6.C11H34Si6.C11H34Si5/c1-15(2)16(3,4)18(7,8)20(11,13-12-14)19(9,10)17(15,5)6;1-15(2,3)19(16(4,5)6,17(7,8)9)18(10,11)13-12-14;1-13(2)14(3,4)16(7,8)17(9,11-10-12)15(13,5)6;1-13(2,3)15(6,7)16(8,9)14(4,5)11-10-12/h12-13H2,1-11,14H3;12-13H2,1-11,14H3;10-11H2,1-9,12H3;10-11H2,1-9,12H3. The van der Waals surface area contributed by atoms with Crippen molar-refractivity contribution in [2.45, 2.75) is 310 Å². The van der Waals surface area contributed by atoms with E-state index < -0.39 is 144 Å². The first kappa shape index (κ1) is 79.3. The molecular weight excluding hydrogens is 1250 g/mol. The Morgan fingerprint density at radius 1 is 0.236 bits per heavy atom. The van der Waals surface area contributed by atoms with Crippen LogP contribution in [0, 0.1) is 0 Å². The molecule has 0 saturated carbocycles. The highest BCUT2D eigenvalue weighted by molar-refractivity contribution is 8.14. The van der Waals surface area contributed by atoms with Crippen molar-refractivity contribution in [2.75, 3.05) is 0 Å². The van der Waals surface area contributed by atoms with Crippen molar-refractivity contribution < 1.29 is 0 Å².